The predicted octanol–water partition coefficient (Wildman–Crippen LogP) is 3.76. The molecule has 0 radical (unpaired) electrons. The van der Waals surface area contributed by atoms with Crippen molar-refractivity contribution in [2.24, 2.45) is 0 Å². The molecule has 10 nitrogen and oxygen atoms in total. The topological polar surface area (TPSA) is 120 Å². The molecular formula is C26H25N7O3. The number of methoxy groups -OCH3 is 1. The first kappa shape index (κ1) is 22.2. The molecule has 1 saturated heterocycles. The number of aromatic nitrogens is 6. The Hall–Kier alpha value is -4.31. The lowest BCUT2D eigenvalue weighted by Crippen LogP contribution is -2.33. The van der Waals surface area contributed by atoms with Crippen LogP contribution in [0.25, 0.3) is 22.1 Å². The van der Waals surface area contributed by atoms with Crippen LogP contribution in [0.15, 0.2) is 61.4 Å². The van der Waals surface area contributed by atoms with Gasteiger partial charge < -0.3 is 24.5 Å². The van der Waals surface area contributed by atoms with Gasteiger partial charge in [-0.25, -0.2) is 24.9 Å². The first-order valence-corrected chi connectivity index (χ1v) is 11.8. The maximum atomic E-state index is 6.59. The van der Waals surface area contributed by atoms with E-state index in [0.717, 1.165) is 30.3 Å². The largest absolute Gasteiger partial charge is 0.493 e. The van der Waals surface area contributed by atoms with Crippen LogP contribution >= 0.6 is 0 Å². The van der Waals surface area contributed by atoms with Crippen molar-refractivity contribution in [2.45, 2.75) is 31.6 Å². The Kier molecular flexibility index (Phi) is 6.00. The minimum absolute atomic E-state index is 0.0557. The van der Waals surface area contributed by atoms with Gasteiger partial charge in [0.25, 0.3) is 0 Å². The highest BCUT2D eigenvalue weighted by molar-refractivity contribution is 5.86. The molecule has 36 heavy (non-hydrogen) atoms. The second-order valence-electron chi connectivity index (χ2n) is 8.57. The van der Waals surface area contributed by atoms with Gasteiger partial charge in [0.1, 0.15) is 30.5 Å². The van der Waals surface area contributed by atoms with Crippen LogP contribution in [0.1, 0.15) is 30.2 Å². The van der Waals surface area contributed by atoms with Gasteiger partial charge in [-0.1, -0.05) is 30.3 Å². The molecule has 5 aromatic rings. The van der Waals surface area contributed by atoms with E-state index in [-0.39, 0.29) is 6.04 Å². The highest BCUT2D eigenvalue weighted by atomic mass is 16.5. The molecule has 1 aliphatic heterocycles. The number of ether oxygens (including phenoxy) is 3. The fourth-order valence-electron chi connectivity index (χ4n) is 4.55. The molecule has 10 heteroatoms. The van der Waals surface area contributed by atoms with E-state index < -0.39 is 6.10 Å². The first-order valence-electron chi connectivity index (χ1n) is 11.8. The van der Waals surface area contributed by atoms with E-state index in [9.17, 15) is 0 Å². The highest BCUT2D eigenvalue weighted by Gasteiger charge is 2.32. The number of benzene rings is 2. The Morgan fingerprint density at radius 1 is 1.00 bits per heavy atom. The summed E-state index contributed by atoms with van der Waals surface area (Å²) in [6.45, 7) is 1.33. The molecule has 0 spiro atoms. The van der Waals surface area contributed by atoms with E-state index in [2.05, 4.69) is 35.2 Å². The minimum Gasteiger partial charge on any atom is -0.493 e. The average molecular weight is 484 g/mol. The standard InChI is InChI=1S/C26H25N7O3/c1-34-20-10-17-19(11-21(20)35-12-16-6-3-2-4-7-16)28-13-33-26(17)36-24(18-8-5-9-27-18)22-23-25(31-14-29-22)32-15-30-23/h2-4,6-7,10-11,13-15,18,24,27H,5,8-9,12H2,1H3,(H,29,30,31,32)/t18?,24-/m1/s1. The lowest BCUT2D eigenvalue weighted by atomic mass is 10.0. The smallest absolute Gasteiger partial charge is 0.225 e. The number of nitrogens with one attached hydrogen (secondary N) is 2. The van der Waals surface area contributed by atoms with Crippen LogP contribution in [0.4, 0.5) is 0 Å². The summed E-state index contributed by atoms with van der Waals surface area (Å²) < 4.78 is 18.3. The zero-order chi connectivity index (χ0) is 24.3. The first-order chi connectivity index (χ1) is 17.8. The molecule has 6 rings (SSSR count). The van der Waals surface area contributed by atoms with Crippen LogP contribution in [0.3, 0.4) is 0 Å². The maximum Gasteiger partial charge on any atom is 0.225 e. The number of H-pyrrole nitrogens is 1. The Labute approximate surface area is 207 Å². The molecule has 4 heterocycles. The number of hydrogen-bond donors (Lipinski definition) is 2. The SMILES string of the molecule is COc1cc2c(O[C@@H](c3ncnc4[nH]cnc34)C3CCCN3)ncnc2cc1OCc1ccccc1. The van der Waals surface area contributed by atoms with Crippen molar-refractivity contribution in [3.8, 4) is 17.4 Å². The van der Waals surface area contributed by atoms with Gasteiger partial charge in [0.15, 0.2) is 23.3 Å². The monoisotopic (exact) mass is 483 g/mol. The Morgan fingerprint density at radius 3 is 2.72 bits per heavy atom. The molecule has 1 unspecified atom stereocenters. The number of aromatic amines is 1. The van der Waals surface area contributed by atoms with Crippen molar-refractivity contribution in [3.05, 3.63) is 72.7 Å². The minimum atomic E-state index is -0.417. The van der Waals surface area contributed by atoms with Crippen molar-refractivity contribution < 1.29 is 14.2 Å². The van der Waals surface area contributed by atoms with E-state index in [0.29, 0.717) is 46.4 Å². The lowest BCUT2D eigenvalue weighted by Gasteiger charge is -2.24. The van der Waals surface area contributed by atoms with E-state index in [1.807, 2.05) is 42.5 Å². The number of nitrogens with zero attached hydrogens (tertiary/aromatic N) is 5. The van der Waals surface area contributed by atoms with Crippen LogP contribution in [0.5, 0.6) is 17.4 Å². The van der Waals surface area contributed by atoms with Crippen molar-refractivity contribution >= 4 is 22.1 Å². The van der Waals surface area contributed by atoms with E-state index in [4.69, 9.17) is 14.2 Å². The summed E-state index contributed by atoms with van der Waals surface area (Å²) in [5.41, 5.74) is 3.81. The molecule has 2 atom stereocenters. The fourth-order valence-corrected chi connectivity index (χ4v) is 4.55. The molecule has 3 aromatic heterocycles. The zero-order valence-electron chi connectivity index (χ0n) is 19.7. The third-order valence-corrected chi connectivity index (χ3v) is 6.34. The van der Waals surface area contributed by atoms with Gasteiger partial charge in [-0.2, -0.15) is 0 Å². The normalized spacial score (nSPS) is 16.3. The number of rotatable bonds is 8. The summed E-state index contributed by atoms with van der Waals surface area (Å²) in [5, 5.41) is 4.25. The van der Waals surface area contributed by atoms with Gasteiger partial charge in [0.2, 0.25) is 5.88 Å². The van der Waals surface area contributed by atoms with Gasteiger partial charge in [0.05, 0.1) is 30.4 Å². The van der Waals surface area contributed by atoms with Gasteiger partial charge in [-0.05, 0) is 31.0 Å². The second kappa shape index (κ2) is 9.74. The Balaban J connectivity index is 1.36. The van der Waals surface area contributed by atoms with Gasteiger partial charge >= 0.3 is 0 Å². The summed E-state index contributed by atoms with van der Waals surface area (Å²) in [7, 11) is 1.61. The third kappa shape index (κ3) is 4.27. The number of fused-ring (bicyclic) bond motifs is 2. The molecule has 2 aromatic carbocycles. The molecule has 2 N–H and O–H groups in total. The van der Waals surface area contributed by atoms with Crippen LogP contribution < -0.4 is 19.5 Å². The van der Waals surface area contributed by atoms with Crippen LogP contribution in [-0.4, -0.2) is 49.6 Å². The van der Waals surface area contributed by atoms with Crippen molar-refractivity contribution in [2.75, 3.05) is 13.7 Å². The molecule has 0 aliphatic carbocycles. The zero-order valence-corrected chi connectivity index (χ0v) is 19.7. The second-order valence-corrected chi connectivity index (χ2v) is 8.57. The van der Waals surface area contributed by atoms with Crippen LogP contribution in [-0.2, 0) is 6.61 Å². The van der Waals surface area contributed by atoms with E-state index in [1.54, 1.807) is 13.4 Å². The summed E-state index contributed by atoms with van der Waals surface area (Å²) >= 11 is 0. The van der Waals surface area contributed by atoms with Crippen molar-refractivity contribution in [3.63, 3.8) is 0 Å². The molecule has 1 fully saturated rings. The van der Waals surface area contributed by atoms with E-state index >= 15 is 0 Å². The molecule has 182 valence electrons. The maximum absolute atomic E-state index is 6.59. The Bertz CT molecular complexity index is 1490. The summed E-state index contributed by atoms with van der Waals surface area (Å²) in [4.78, 5) is 25.3. The van der Waals surface area contributed by atoms with Crippen molar-refractivity contribution in [1.82, 2.24) is 35.2 Å². The average Bonchev–Trinajstić information content (AvgIpc) is 3.63. The van der Waals surface area contributed by atoms with Crippen molar-refractivity contribution in [1.29, 1.82) is 0 Å². The van der Waals surface area contributed by atoms with Crippen LogP contribution in [0.2, 0.25) is 0 Å². The summed E-state index contributed by atoms with van der Waals surface area (Å²) in [5.74, 6) is 1.61. The number of hydrogen-bond acceptors (Lipinski definition) is 9. The third-order valence-electron chi connectivity index (χ3n) is 6.34. The highest BCUT2D eigenvalue weighted by Crippen LogP contribution is 2.37. The van der Waals surface area contributed by atoms with Gasteiger partial charge in [-0.3, -0.25) is 0 Å². The molecule has 1 aliphatic rings. The molecule has 0 saturated carbocycles. The van der Waals surface area contributed by atoms with Gasteiger partial charge in [0, 0.05) is 6.07 Å². The van der Waals surface area contributed by atoms with E-state index in [1.165, 1.54) is 12.7 Å². The predicted molar refractivity (Wildman–Crippen MR) is 133 cm³/mol. The number of imidazole rings is 1. The quantitative estimate of drug-likeness (QED) is 0.340. The van der Waals surface area contributed by atoms with Gasteiger partial charge in [-0.15, -0.1) is 0 Å². The summed E-state index contributed by atoms with van der Waals surface area (Å²) in [6.07, 6.45) is 6.22. The fraction of sp³-hybridized carbons (Fsp3) is 0.269. The Morgan fingerprint density at radius 2 is 1.89 bits per heavy atom. The molecular weight excluding hydrogens is 458 g/mol. The molecule has 0 bridgehead atoms. The lowest BCUT2D eigenvalue weighted by molar-refractivity contribution is 0.156. The summed E-state index contributed by atoms with van der Waals surface area (Å²) in [6, 6.07) is 13.7. The van der Waals surface area contributed by atoms with Crippen LogP contribution in [0, 0.1) is 0 Å². The molecule has 0 amide bonds.